The largest absolute Gasteiger partial charge is 0.493 e. The van der Waals surface area contributed by atoms with Gasteiger partial charge in [0, 0.05) is 29.1 Å². The van der Waals surface area contributed by atoms with Gasteiger partial charge in [-0.3, -0.25) is 9.69 Å². The zero-order valence-electron chi connectivity index (χ0n) is 19.0. The third-order valence-corrected chi connectivity index (χ3v) is 6.71. The third kappa shape index (κ3) is 6.07. The lowest BCUT2D eigenvalue weighted by atomic mass is 9.80. The van der Waals surface area contributed by atoms with Crippen LogP contribution in [0.15, 0.2) is 66.7 Å². The first-order chi connectivity index (χ1) is 16.5. The fourth-order valence-corrected chi connectivity index (χ4v) is 4.79. The average molecular weight is 518 g/mol. The molecule has 5 nitrogen and oxygen atoms in total. The van der Waals surface area contributed by atoms with Crippen LogP contribution in [0, 0.1) is 11.7 Å². The molecule has 0 saturated carbocycles. The van der Waals surface area contributed by atoms with Crippen LogP contribution in [0.4, 0.5) is 4.39 Å². The third-order valence-electron chi connectivity index (χ3n) is 6.46. The van der Waals surface area contributed by atoms with E-state index in [9.17, 15) is 9.18 Å². The van der Waals surface area contributed by atoms with Crippen LogP contribution in [0.1, 0.15) is 28.3 Å². The first-order valence-corrected chi connectivity index (χ1v) is 11.7. The number of nitrogens with zero attached hydrogens (tertiary/aromatic N) is 1. The highest BCUT2D eigenvalue weighted by Crippen LogP contribution is 2.37. The van der Waals surface area contributed by atoms with Crippen LogP contribution in [0.3, 0.4) is 0 Å². The summed E-state index contributed by atoms with van der Waals surface area (Å²) in [6.45, 7) is 2.49. The molecule has 0 aromatic heterocycles. The van der Waals surface area contributed by atoms with Gasteiger partial charge < -0.3 is 14.2 Å². The molecule has 184 valence electrons. The Balaban J connectivity index is 0.00000289. The number of likely N-dealkylation sites (tertiary alicyclic amines) is 1. The molecule has 0 spiro atoms. The van der Waals surface area contributed by atoms with E-state index in [4.69, 9.17) is 25.8 Å². The van der Waals surface area contributed by atoms with Crippen molar-refractivity contribution >= 4 is 29.8 Å². The van der Waals surface area contributed by atoms with Gasteiger partial charge in [0.05, 0.1) is 13.2 Å². The number of Topliss-reactive ketones (excluding diaryl/α,β-unsaturated/α-hetero) is 1. The van der Waals surface area contributed by atoms with Crippen molar-refractivity contribution in [3.63, 3.8) is 0 Å². The molecule has 0 N–H and O–H groups in total. The van der Waals surface area contributed by atoms with Crippen molar-refractivity contribution in [2.24, 2.45) is 5.92 Å². The lowest BCUT2D eigenvalue weighted by molar-refractivity contribution is 0.0806. The van der Waals surface area contributed by atoms with Gasteiger partial charge in [0.2, 0.25) is 6.79 Å². The van der Waals surface area contributed by atoms with Crippen LogP contribution >= 0.6 is 24.0 Å². The van der Waals surface area contributed by atoms with Gasteiger partial charge in [-0.25, -0.2) is 4.39 Å². The first-order valence-electron chi connectivity index (χ1n) is 11.3. The molecule has 0 radical (unpaired) electrons. The summed E-state index contributed by atoms with van der Waals surface area (Å²) in [4.78, 5) is 15.0. The lowest BCUT2D eigenvalue weighted by Gasteiger charge is -2.38. The molecule has 8 heteroatoms. The van der Waals surface area contributed by atoms with Crippen LogP contribution in [0.2, 0.25) is 5.02 Å². The number of carbonyl (C=O) groups is 1. The van der Waals surface area contributed by atoms with E-state index in [2.05, 4.69) is 4.90 Å². The van der Waals surface area contributed by atoms with Crippen molar-refractivity contribution < 1.29 is 23.4 Å². The van der Waals surface area contributed by atoms with Crippen LogP contribution in [0.25, 0.3) is 0 Å². The maximum absolute atomic E-state index is 13.5. The highest BCUT2D eigenvalue weighted by atomic mass is 35.5. The molecule has 0 aliphatic carbocycles. The molecule has 2 heterocycles. The Morgan fingerprint density at radius 3 is 2.54 bits per heavy atom. The van der Waals surface area contributed by atoms with E-state index >= 15 is 0 Å². The molecule has 1 fully saturated rings. The smallest absolute Gasteiger partial charge is 0.231 e. The van der Waals surface area contributed by atoms with E-state index in [0.29, 0.717) is 47.5 Å². The second-order valence-corrected chi connectivity index (χ2v) is 9.13. The van der Waals surface area contributed by atoms with Crippen molar-refractivity contribution in [1.29, 1.82) is 0 Å². The molecule has 0 bridgehead atoms. The van der Waals surface area contributed by atoms with Gasteiger partial charge in [-0.05, 0) is 73.0 Å². The maximum atomic E-state index is 13.5. The first kappa shape index (κ1) is 25.3. The number of ketones is 1. The number of piperidine rings is 1. The number of hydrogen-bond donors (Lipinski definition) is 0. The number of carbonyl (C=O) groups excluding carboxylic acids is 1. The van der Waals surface area contributed by atoms with Crippen LogP contribution in [-0.4, -0.2) is 43.7 Å². The number of benzene rings is 3. The fourth-order valence-electron chi connectivity index (χ4n) is 4.67. The highest BCUT2D eigenvalue weighted by molar-refractivity contribution is 6.30. The zero-order chi connectivity index (χ0) is 23.5. The van der Waals surface area contributed by atoms with Crippen molar-refractivity contribution in [1.82, 2.24) is 4.90 Å². The van der Waals surface area contributed by atoms with Crippen LogP contribution in [-0.2, 0) is 0 Å². The quantitative estimate of drug-likeness (QED) is 0.360. The van der Waals surface area contributed by atoms with Gasteiger partial charge >= 0.3 is 0 Å². The minimum Gasteiger partial charge on any atom is -0.493 e. The zero-order valence-corrected chi connectivity index (χ0v) is 20.6. The van der Waals surface area contributed by atoms with E-state index in [1.165, 1.54) is 12.1 Å². The molecule has 1 saturated heterocycles. The second-order valence-electron chi connectivity index (χ2n) is 8.70. The molecule has 0 unspecified atom stereocenters. The van der Waals surface area contributed by atoms with Crippen molar-refractivity contribution in [3.05, 3.63) is 88.7 Å². The summed E-state index contributed by atoms with van der Waals surface area (Å²) in [5.41, 5.74) is 1.74. The van der Waals surface area contributed by atoms with Gasteiger partial charge in [0.25, 0.3) is 0 Å². The number of ether oxygens (including phenoxy) is 3. The van der Waals surface area contributed by atoms with E-state index in [1.807, 2.05) is 30.3 Å². The minimum absolute atomic E-state index is 0. The normalized spacial score (nSPS) is 19.1. The molecule has 5 rings (SSSR count). The van der Waals surface area contributed by atoms with Gasteiger partial charge in [-0.1, -0.05) is 23.7 Å². The molecule has 3 aromatic rings. The molecule has 2 aliphatic heterocycles. The predicted molar refractivity (Wildman–Crippen MR) is 135 cm³/mol. The van der Waals surface area contributed by atoms with E-state index in [1.54, 1.807) is 24.3 Å². The Kier molecular flexibility index (Phi) is 8.16. The number of rotatable bonds is 7. The highest BCUT2D eigenvalue weighted by Gasteiger charge is 2.32. The molecule has 2 aliphatic rings. The maximum Gasteiger partial charge on any atom is 0.231 e. The molecule has 0 amide bonds. The number of hydrogen-bond acceptors (Lipinski definition) is 5. The van der Waals surface area contributed by atoms with Gasteiger partial charge in [-0.2, -0.15) is 0 Å². The molecule has 2 atom stereocenters. The van der Waals surface area contributed by atoms with Gasteiger partial charge in [0.1, 0.15) is 11.6 Å². The Bertz CT molecular complexity index is 1160. The van der Waals surface area contributed by atoms with Crippen LogP contribution in [0.5, 0.6) is 17.2 Å². The van der Waals surface area contributed by atoms with Crippen molar-refractivity contribution in [2.45, 2.75) is 12.3 Å². The Morgan fingerprint density at radius 2 is 1.77 bits per heavy atom. The summed E-state index contributed by atoms with van der Waals surface area (Å²) >= 11 is 5.95. The SMILES string of the molecule is Cl.O=C(CN1CC[C@@H](c2ccc(F)cc2)[C@H](COc2ccc3c(c2)OCO3)C1)c1ccc(Cl)cc1. The summed E-state index contributed by atoms with van der Waals surface area (Å²) in [7, 11) is 0. The predicted octanol–water partition coefficient (Wildman–Crippen LogP) is 6.00. The standard InChI is InChI=1S/C27H25ClFNO4.ClH/c28-21-5-1-19(2-6-21)25(31)15-30-12-11-24(18-3-7-22(29)8-4-18)20(14-30)16-32-23-9-10-26-27(13-23)34-17-33-26;/h1-10,13,20,24H,11-12,14-17H2;1H/t20-,24-;/m0./s1. The van der Waals surface area contributed by atoms with E-state index in [0.717, 1.165) is 18.5 Å². The molecule has 3 aromatic carbocycles. The average Bonchev–Trinajstić information content (AvgIpc) is 3.32. The van der Waals surface area contributed by atoms with Gasteiger partial charge in [-0.15, -0.1) is 12.4 Å². The molecule has 35 heavy (non-hydrogen) atoms. The van der Waals surface area contributed by atoms with E-state index in [-0.39, 0.29) is 42.6 Å². The Morgan fingerprint density at radius 1 is 1.03 bits per heavy atom. The Hall–Kier alpha value is -2.80. The molecular formula is C27H26Cl2FNO4. The fraction of sp³-hybridized carbons (Fsp3) is 0.296. The number of halogens is 3. The van der Waals surface area contributed by atoms with Gasteiger partial charge in [0.15, 0.2) is 17.3 Å². The van der Waals surface area contributed by atoms with E-state index < -0.39 is 0 Å². The summed E-state index contributed by atoms with van der Waals surface area (Å²) in [6.07, 6.45) is 0.856. The summed E-state index contributed by atoms with van der Waals surface area (Å²) in [6, 6.07) is 19.2. The van der Waals surface area contributed by atoms with Crippen molar-refractivity contribution in [2.75, 3.05) is 33.0 Å². The minimum atomic E-state index is -0.247. The monoisotopic (exact) mass is 517 g/mol. The van der Waals surface area contributed by atoms with Crippen molar-refractivity contribution in [3.8, 4) is 17.2 Å². The summed E-state index contributed by atoms with van der Waals surface area (Å²) in [5.74, 6) is 2.23. The summed E-state index contributed by atoms with van der Waals surface area (Å²) < 4.78 is 30.5. The van der Waals surface area contributed by atoms with Crippen LogP contribution < -0.4 is 14.2 Å². The number of fused-ring (bicyclic) bond motifs is 1. The second kappa shape index (κ2) is 11.3. The lowest BCUT2D eigenvalue weighted by Crippen LogP contribution is -2.44. The summed E-state index contributed by atoms with van der Waals surface area (Å²) in [5, 5.41) is 0.609. The topological polar surface area (TPSA) is 48.0 Å². The molecular weight excluding hydrogens is 492 g/mol. The Labute approximate surface area is 215 Å².